The van der Waals surface area contributed by atoms with E-state index in [-0.39, 0.29) is 22.5 Å². The highest BCUT2D eigenvalue weighted by atomic mass is 16.5. The Bertz CT molecular complexity index is 971. The van der Waals surface area contributed by atoms with Crippen LogP contribution in [0.2, 0.25) is 0 Å². The van der Waals surface area contributed by atoms with Gasteiger partial charge in [0.1, 0.15) is 5.75 Å². The van der Waals surface area contributed by atoms with Gasteiger partial charge in [0.25, 0.3) is 0 Å². The zero-order chi connectivity index (χ0) is 24.6. The van der Waals surface area contributed by atoms with Crippen molar-refractivity contribution >= 4 is 6.03 Å². The highest BCUT2D eigenvalue weighted by molar-refractivity contribution is 5.78. The molecule has 5 heteroatoms. The Balaban J connectivity index is 1.60. The van der Waals surface area contributed by atoms with Crippen LogP contribution >= 0.6 is 0 Å². The van der Waals surface area contributed by atoms with Crippen LogP contribution in [0.25, 0.3) is 0 Å². The van der Waals surface area contributed by atoms with Crippen LogP contribution in [0.3, 0.4) is 0 Å². The second kappa shape index (κ2) is 9.26. The molecular formula is C29H41N3O2. The summed E-state index contributed by atoms with van der Waals surface area (Å²) in [7, 11) is 6.08. The standard InChI is InChI=1S/C29H41N3O2/c1-27(2,3)21-32-26(33)31(20-23-12-14-25(34-6)15-13-23)22-28(32)16-18-29(19-17-28,30(4)5)24-10-8-7-9-11-24/h7-15H,16-22H2,1-6H3. The minimum atomic E-state index is -0.106. The van der Waals surface area contributed by atoms with Gasteiger partial charge in [0.15, 0.2) is 0 Å². The molecule has 1 saturated carbocycles. The molecule has 0 radical (unpaired) electrons. The smallest absolute Gasteiger partial charge is 0.320 e. The Kier molecular flexibility index (Phi) is 6.69. The SMILES string of the molecule is COc1ccc(CN2CC3(CCC(c4ccccc4)(N(C)C)CC3)N(CC(C)(C)C)C2=O)cc1. The first-order chi connectivity index (χ1) is 16.1. The molecule has 0 unspecified atom stereocenters. The molecule has 1 aliphatic heterocycles. The molecule has 2 aromatic carbocycles. The van der Waals surface area contributed by atoms with Crippen molar-refractivity contribution in [3.05, 3.63) is 65.7 Å². The third-order valence-electron chi connectivity index (χ3n) is 7.90. The van der Waals surface area contributed by atoms with Gasteiger partial charge in [-0.3, -0.25) is 4.90 Å². The lowest BCUT2D eigenvalue weighted by Crippen LogP contribution is -2.56. The van der Waals surface area contributed by atoms with Crippen LogP contribution in [0, 0.1) is 5.41 Å². The monoisotopic (exact) mass is 463 g/mol. The van der Waals surface area contributed by atoms with E-state index >= 15 is 0 Å². The van der Waals surface area contributed by atoms with Gasteiger partial charge in [-0.15, -0.1) is 0 Å². The molecule has 0 N–H and O–H groups in total. The van der Waals surface area contributed by atoms with Crippen molar-refractivity contribution in [2.75, 3.05) is 34.3 Å². The molecule has 1 heterocycles. The van der Waals surface area contributed by atoms with E-state index in [0.717, 1.165) is 50.1 Å². The molecule has 1 aliphatic carbocycles. The molecule has 1 spiro atoms. The van der Waals surface area contributed by atoms with Crippen molar-refractivity contribution in [1.82, 2.24) is 14.7 Å². The summed E-state index contributed by atoms with van der Waals surface area (Å²) in [5.74, 6) is 0.843. The predicted molar refractivity (Wildman–Crippen MR) is 138 cm³/mol. The number of amides is 2. The van der Waals surface area contributed by atoms with Crippen molar-refractivity contribution in [1.29, 1.82) is 0 Å². The summed E-state index contributed by atoms with van der Waals surface area (Å²) in [5.41, 5.74) is 2.49. The number of benzene rings is 2. The lowest BCUT2D eigenvalue weighted by Gasteiger charge is -2.51. The van der Waals surface area contributed by atoms with Gasteiger partial charge in [-0.25, -0.2) is 4.79 Å². The molecule has 0 atom stereocenters. The topological polar surface area (TPSA) is 36.0 Å². The van der Waals surface area contributed by atoms with Crippen molar-refractivity contribution in [3.63, 3.8) is 0 Å². The summed E-state index contributed by atoms with van der Waals surface area (Å²) in [5, 5.41) is 0. The fourth-order valence-electron chi connectivity index (χ4n) is 5.97. The lowest BCUT2D eigenvalue weighted by molar-refractivity contribution is 0.0154. The van der Waals surface area contributed by atoms with Crippen LogP contribution < -0.4 is 4.74 Å². The molecule has 2 amide bonds. The third kappa shape index (κ3) is 4.68. The summed E-state index contributed by atoms with van der Waals surface area (Å²) in [4.78, 5) is 20.5. The molecule has 2 fully saturated rings. The molecule has 5 nitrogen and oxygen atoms in total. The normalized spacial score (nSPS) is 25.4. The van der Waals surface area contributed by atoms with Crippen LogP contribution in [0.1, 0.15) is 57.6 Å². The van der Waals surface area contributed by atoms with Crippen LogP contribution in [0.15, 0.2) is 54.6 Å². The minimum Gasteiger partial charge on any atom is -0.497 e. The minimum absolute atomic E-state index is 0.0202. The Morgan fingerprint density at radius 1 is 0.941 bits per heavy atom. The number of carbonyl (C=O) groups is 1. The van der Waals surface area contributed by atoms with E-state index in [1.165, 1.54) is 5.56 Å². The second-order valence-corrected chi connectivity index (χ2v) is 11.6. The summed E-state index contributed by atoms with van der Waals surface area (Å²) in [6.07, 6.45) is 4.13. The first-order valence-corrected chi connectivity index (χ1v) is 12.5. The number of rotatable bonds is 6. The average Bonchev–Trinajstić information content (AvgIpc) is 3.05. The summed E-state index contributed by atoms with van der Waals surface area (Å²) < 4.78 is 5.30. The molecule has 0 aromatic heterocycles. The molecular weight excluding hydrogens is 422 g/mol. The summed E-state index contributed by atoms with van der Waals surface area (Å²) >= 11 is 0. The van der Waals surface area contributed by atoms with E-state index in [0.29, 0.717) is 6.54 Å². The van der Waals surface area contributed by atoms with Crippen molar-refractivity contribution in [3.8, 4) is 5.75 Å². The number of urea groups is 1. The number of methoxy groups -OCH3 is 1. The van der Waals surface area contributed by atoms with Gasteiger partial charge in [-0.2, -0.15) is 0 Å². The Morgan fingerprint density at radius 3 is 2.09 bits per heavy atom. The first-order valence-electron chi connectivity index (χ1n) is 12.5. The Morgan fingerprint density at radius 2 is 1.56 bits per heavy atom. The number of carbonyl (C=O) groups excluding carboxylic acids is 1. The van der Waals surface area contributed by atoms with Gasteiger partial charge in [-0.1, -0.05) is 63.2 Å². The van der Waals surface area contributed by atoms with Crippen LogP contribution in [-0.4, -0.2) is 60.6 Å². The molecule has 34 heavy (non-hydrogen) atoms. The largest absolute Gasteiger partial charge is 0.497 e. The van der Waals surface area contributed by atoms with E-state index in [1.807, 2.05) is 12.1 Å². The Hall–Kier alpha value is -2.53. The maximum Gasteiger partial charge on any atom is 0.320 e. The van der Waals surface area contributed by atoms with Crippen LogP contribution in [0.4, 0.5) is 4.79 Å². The fourth-order valence-corrected chi connectivity index (χ4v) is 5.97. The predicted octanol–water partition coefficient (Wildman–Crippen LogP) is 5.75. The average molecular weight is 464 g/mol. The van der Waals surface area contributed by atoms with E-state index in [9.17, 15) is 4.79 Å². The van der Waals surface area contributed by atoms with Gasteiger partial charge < -0.3 is 14.5 Å². The lowest BCUT2D eigenvalue weighted by atomic mass is 9.68. The van der Waals surface area contributed by atoms with Gasteiger partial charge in [0, 0.05) is 25.2 Å². The van der Waals surface area contributed by atoms with E-state index in [2.05, 4.69) is 92.0 Å². The van der Waals surface area contributed by atoms with E-state index in [1.54, 1.807) is 7.11 Å². The highest BCUT2D eigenvalue weighted by Crippen LogP contribution is 2.49. The molecule has 2 aliphatic rings. The maximum atomic E-state index is 13.8. The quantitative estimate of drug-likeness (QED) is 0.547. The zero-order valence-corrected chi connectivity index (χ0v) is 21.8. The number of ether oxygens (including phenoxy) is 1. The van der Waals surface area contributed by atoms with Crippen LogP contribution in [-0.2, 0) is 12.1 Å². The van der Waals surface area contributed by atoms with Crippen molar-refractivity contribution in [2.45, 2.75) is 64.1 Å². The highest BCUT2D eigenvalue weighted by Gasteiger charge is 2.54. The van der Waals surface area contributed by atoms with Crippen molar-refractivity contribution in [2.24, 2.45) is 5.41 Å². The maximum absolute atomic E-state index is 13.8. The van der Waals surface area contributed by atoms with E-state index < -0.39 is 0 Å². The van der Waals surface area contributed by atoms with Crippen molar-refractivity contribution < 1.29 is 9.53 Å². The second-order valence-electron chi connectivity index (χ2n) is 11.6. The third-order valence-corrected chi connectivity index (χ3v) is 7.90. The summed E-state index contributed by atoms with van der Waals surface area (Å²) in [6.45, 7) is 8.92. The zero-order valence-electron chi connectivity index (χ0n) is 21.8. The van der Waals surface area contributed by atoms with Crippen LogP contribution in [0.5, 0.6) is 5.75 Å². The molecule has 0 bridgehead atoms. The first kappa shape index (κ1) is 24.6. The van der Waals surface area contributed by atoms with Gasteiger partial charge >= 0.3 is 6.03 Å². The number of hydrogen-bond acceptors (Lipinski definition) is 3. The van der Waals surface area contributed by atoms with Gasteiger partial charge in [0.05, 0.1) is 12.6 Å². The van der Waals surface area contributed by atoms with Gasteiger partial charge in [0.2, 0.25) is 0 Å². The molecule has 1 saturated heterocycles. The number of hydrogen-bond donors (Lipinski definition) is 0. The molecule has 184 valence electrons. The van der Waals surface area contributed by atoms with Gasteiger partial charge in [-0.05, 0) is 68.5 Å². The molecule has 4 rings (SSSR count). The molecule has 2 aromatic rings. The number of nitrogens with zero attached hydrogens (tertiary/aromatic N) is 3. The van der Waals surface area contributed by atoms with E-state index in [4.69, 9.17) is 4.74 Å². The Labute approximate surface area is 205 Å². The summed E-state index contributed by atoms with van der Waals surface area (Å²) in [6, 6.07) is 19.2. The fraction of sp³-hybridized carbons (Fsp3) is 0.552.